The van der Waals surface area contributed by atoms with E-state index in [9.17, 15) is 9.90 Å². The number of aromatic hydroxyl groups is 1. The molecule has 5 rings (SSSR count). The number of benzene rings is 2. The minimum absolute atomic E-state index is 0. The average Bonchev–Trinajstić information content (AvgIpc) is 3.36. The first kappa shape index (κ1) is 21.6. The first-order chi connectivity index (χ1) is 16.1. The minimum atomic E-state index is -0.0933. The monoisotopic (exact) mass is 450 g/mol. The Morgan fingerprint density at radius 1 is 1.21 bits per heavy atom. The van der Waals surface area contributed by atoms with Gasteiger partial charge in [0.05, 0.1) is 23.1 Å². The fraction of sp³-hybridized carbons (Fsp3) is 0.423. The maximum Gasteiger partial charge on any atom is 0.224 e. The number of phenols is 1. The second-order valence-electron chi connectivity index (χ2n) is 9.07. The summed E-state index contributed by atoms with van der Waals surface area (Å²) in [5.41, 5.74) is 2.55. The lowest BCUT2D eigenvalue weighted by molar-refractivity contribution is -0.125. The number of aryl methyl sites for hydroxylation is 1. The molecule has 0 bridgehead atoms. The van der Waals surface area contributed by atoms with Gasteiger partial charge in [0.1, 0.15) is 11.6 Å². The molecule has 2 fully saturated rings. The SMILES string of the molecule is Cc1ccc2c(N3CCCC(C(=O)NCC4CCCO4)C3)nc(-c3ccccc3O)nc2c1.[HH].[HH]. The first-order valence-electron chi connectivity index (χ1n) is 11.8. The zero-order chi connectivity index (χ0) is 22.8. The van der Waals surface area contributed by atoms with Crippen LogP contribution in [0.4, 0.5) is 5.82 Å². The molecule has 2 saturated heterocycles. The number of anilines is 1. The van der Waals surface area contributed by atoms with Gasteiger partial charge in [-0.25, -0.2) is 9.97 Å². The molecule has 176 valence electrons. The summed E-state index contributed by atoms with van der Waals surface area (Å²) in [6.45, 7) is 4.85. The molecule has 2 aromatic carbocycles. The molecule has 0 spiro atoms. The Bertz CT molecular complexity index is 1170. The van der Waals surface area contributed by atoms with Crippen LogP contribution in [0.15, 0.2) is 42.5 Å². The summed E-state index contributed by atoms with van der Waals surface area (Å²) < 4.78 is 5.64. The van der Waals surface area contributed by atoms with Crippen LogP contribution in [0, 0.1) is 12.8 Å². The number of phenolic OH excluding ortho intramolecular Hbond substituents is 1. The predicted octanol–water partition coefficient (Wildman–Crippen LogP) is 4.31. The molecule has 1 aromatic heterocycles. The number of nitrogens with zero attached hydrogens (tertiary/aromatic N) is 3. The van der Waals surface area contributed by atoms with E-state index in [1.54, 1.807) is 12.1 Å². The highest BCUT2D eigenvalue weighted by Crippen LogP contribution is 2.33. The number of nitrogens with one attached hydrogen (secondary N) is 1. The second-order valence-corrected chi connectivity index (χ2v) is 9.07. The third-order valence-corrected chi connectivity index (χ3v) is 6.60. The number of carbonyl (C=O) groups is 1. The van der Waals surface area contributed by atoms with Gasteiger partial charge in [0.15, 0.2) is 5.82 Å². The van der Waals surface area contributed by atoms with Gasteiger partial charge in [0, 0.05) is 34.5 Å². The molecule has 33 heavy (non-hydrogen) atoms. The van der Waals surface area contributed by atoms with Crippen molar-refractivity contribution in [1.29, 1.82) is 0 Å². The highest BCUT2D eigenvalue weighted by Gasteiger charge is 2.29. The molecule has 7 heteroatoms. The van der Waals surface area contributed by atoms with Gasteiger partial charge in [0.2, 0.25) is 5.91 Å². The van der Waals surface area contributed by atoms with Gasteiger partial charge in [-0.2, -0.15) is 0 Å². The number of piperidine rings is 1. The van der Waals surface area contributed by atoms with Crippen LogP contribution >= 0.6 is 0 Å². The highest BCUT2D eigenvalue weighted by molar-refractivity contribution is 5.92. The number of hydrogen-bond donors (Lipinski definition) is 2. The van der Waals surface area contributed by atoms with E-state index in [4.69, 9.17) is 14.7 Å². The third-order valence-electron chi connectivity index (χ3n) is 6.60. The van der Waals surface area contributed by atoms with Gasteiger partial charge < -0.3 is 20.1 Å². The van der Waals surface area contributed by atoms with Crippen molar-refractivity contribution < 1.29 is 17.5 Å². The number of ether oxygens (including phenoxy) is 1. The maximum absolute atomic E-state index is 12.9. The third kappa shape index (κ3) is 4.64. The Labute approximate surface area is 196 Å². The van der Waals surface area contributed by atoms with E-state index in [1.165, 1.54) is 0 Å². The maximum atomic E-state index is 12.9. The Hall–Kier alpha value is -3.19. The van der Waals surface area contributed by atoms with E-state index in [0.29, 0.717) is 24.5 Å². The van der Waals surface area contributed by atoms with Crippen LogP contribution in [-0.4, -0.2) is 53.3 Å². The van der Waals surface area contributed by atoms with Gasteiger partial charge in [-0.3, -0.25) is 4.79 Å². The Balaban J connectivity index is 0.00000171. The van der Waals surface area contributed by atoms with E-state index in [2.05, 4.69) is 22.3 Å². The molecule has 2 unspecified atom stereocenters. The molecule has 2 aliphatic heterocycles. The van der Waals surface area contributed by atoms with E-state index in [-0.39, 0.29) is 26.5 Å². The number of amides is 1. The Morgan fingerprint density at radius 2 is 2.09 bits per heavy atom. The van der Waals surface area contributed by atoms with Crippen molar-refractivity contribution in [3.63, 3.8) is 0 Å². The smallest absolute Gasteiger partial charge is 0.224 e. The zero-order valence-corrected chi connectivity index (χ0v) is 19.0. The summed E-state index contributed by atoms with van der Waals surface area (Å²) >= 11 is 0. The van der Waals surface area contributed by atoms with Crippen LogP contribution in [0.1, 0.15) is 34.1 Å². The predicted molar refractivity (Wildman–Crippen MR) is 133 cm³/mol. The Kier molecular flexibility index (Phi) is 6.13. The summed E-state index contributed by atoms with van der Waals surface area (Å²) in [6, 6.07) is 13.3. The lowest BCUT2D eigenvalue weighted by Gasteiger charge is -2.33. The lowest BCUT2D eigenvalue weighted by Crippen LogP contribution is -2.45. The van der Waals surface area contributed by atoms with Crippen LogP contribution in [0.25, 0.3) is 22.3 Å². The van der Waals surface area contributed by atoms with Gasteiger partial charge in [0.25, 0.3) is 0 Å². The van der Waals surface area contributed by atoms with Crippen molar-refractivity contribution >= 4 is 22.6 Å². The first-order valence-corrected chi connectivity index (χ1v) is 11.8. The van der Waals surface area contributed by atoms with Crippen molar-refractivity contribution in [3.05, 3.63) is 48.0 Å². The van der Waals surface area contributed by atoms with Gasteiger partial charge in [-0.1, -0.05) is 18.2 Å². The minimum Gasteiger partial charge on any atom is -0.507 e. The topological polar surface area (TPSA) is 87.6 Å². The van der Waals surface area contributed by atoms with Crippen molar-refractivity contribution in [3.8, 4) is 17.1 Å². The number of carbonyl (C=O) groups excluding carboxylic acids is 1. The van der Waals surface area contributed by atoms with E-state index in [1.807, 2.05) is 25.1 Å². The van der Waals surface area contributed by atoms with Gasteiger partial charge in [-0.05, 0) is 62.4 Å². The molecule has 3 heterocycles. The fourth-order valence-corrected chi connectivity index (χ4v) is 4.79. The molecular weight excluding hydrogens is 416 g/mol. The molecule has 2 N–H and O–H groups in total. The van der Waals surface area contributed by atoms with Crippen molar-refractivity contribution in [1.82, 2.24) is 15.3 Å². The summed E-state index contributed by atoms with van der Waals surface area (Å²) in [7, 11) is 0. The fourth-order valence-electron chi connectivity index (χ4n) is 4.79. The number of aromatic nitrogens is 2. The Morgan fingerprint density at radius 3 is 2.91 bits per heavy atom. The van der Waals surface area contributed by atoms with Crippen molar-refractivity contribution in [2.24, 2.45) is 5.92 Å². The molecule has 1 amide bonds. The summed E-state index contributed by atoms with van der Waals surface area (Å²) in [6.07, 6.45) is 4.00. The molecule has 7 nitrogen and oxygen atoms in total. The second kappa shape index (κ2) is 9.35. The van der Waals surface area contributed by atoms with Crippen LogP contribution < -0.4 is 10.2 Å². The van der Waals surface area contributed by atoms with Crippen LogP contribution in [-0.2, 0) is 9.53 Å². The average molecular weight is 451 g/mol. The molecule has 2 atom stereocenters. The van der Waals surface area contributed by atoms with Crippen molar-refractivity contribution in [2.75, 3.05) is 31.1 Å². The highest BCUT2D eigenvalue weighted by atomic mass is 16.5. The van der Waals surface area contributed by atoms with Crippen LogP contribution in [0.5, 0.6) is 5.75 Å². The number of hydrogen-bond acceptors (Lipinski definition) is 6. The molecule has 3 aromatic rings. The summed E-state index contributed by atoms with van der Waals surface area (Å²) in [4.78, 5) is 24.8. The number of para-hydroxylation sites is 1. The van der Waals surface area contributed by atoms with Crippen LogP contribution in [0.3, 0.4) is 0 Å². The number of fused-ring (bicyclic) bond motifs is 1. The molecule has 0 aliphatic carbocycles. The molecule has 0 saturated carbocycles. The summed E-state index contributed by atoms with van der Waals surface area (Å²) in [5, 5.41) is 14.5. The van der Waals surface area contributed by atoms with E-state index >= 15 is 0 Å². The van der Waals surface area contributed by atoms with Crippen molar-refractivity contribution in [2.45, 2.75) is 38.7 Å². The summed E-state index contributed by atoms with van der Waals surface area (Å²) in [5.74, 6) is 1.45. The molecular formula is C26H34N4O3. The zero-order valence-electron chi connectivity index (χ0n) is 19.0. The normalized spacial score (nSPS) is 20.8. The number of rotatable bonds is 5. The van der Waals surface area contributed by atoms with E-state index < -0.39 is 0 Å². The largest absolute Gasteiger partial charge is 0.507 e. The molecule has 2 aliphatic rings. The lowest BCUT2D eigenvalue weighted by atomic mass is 9.96. The van der Waals surface area contributed by atoms with Gasteiger partial charge in [-0.15, -0.1) is 0 Å². The quantitative estimate of drug-likeness (QED) is 0.602. The van der Waals surface area contributed by atoms with E-state index in [0.717, 1.165) is 61.1 Å². The van der Waals surface area contributed by atoms with Gasteiger partial charge >= 0.3 is 0 Å². The van der Waals surface area contributed by atoms with Crippen LogP contribution in [0.2, 0.25) is 0 Å². The molecule has 0 radical (unpaired) electrons. The standard InChI is InChI=1S/C26H30N4O3.2H2/c1-17-10-11-20-22(14-17)28-24(21-8-2-3-9-23(21)31)29-25(20)30-12-4-6-18(16-30)26(32)27-15-19-7-5-13-33-19;;/h2-3,8-11,14,18-19,31H,4-7,12-13,15-16H2,1H3,(H,27,32);2*1H.